The van der Waals surface area contributed by atoms with E-state index in [2.05, 4.69) is 120 Å². The van der Waals surface area contributed by atoms with Gasteiger partial charge in [-0.1, -0.05) is 87.9 Å². The number of hydrogen-bond donors (Lipinski definition) is 0. The molecule has 0 unspecified atom stereocenters. The van der Waals surface area contributed by atoms with E-state index < -0.39 is 0 Å². The van der Waals surface area contributed by atoms with Gasteiger partial charge >= 0.3 is 5.84 Å². The number of rotatable bonds is 5. The SMILES string of the molecule is C=[N+]1[N-][C-](C(C)(C)CC)[N+](c2c(C)cccc2C)=C1c1cc(-c2ccccc2)ccc1C. The Hall–Kier alpha value is -3.33. The quantitative estimate of drug-likeness (QED) is 0.303. The molecule has 3 aromatic rings. The van der Waals surface area contributed by atoms with Crippen LogP contribution in [0.25, 0.3) is 16.6 Å². The van der Waals surface area contributed by atoms with Crippen LogP contribution in [0, 0.1) is 32.4 Å². The lowest BCUT2D eigenvalue weighted by Gasteiger charge is -2.38. The number of benzene rings is 3. The first-order valence-electron chi connectivity index (χ1n) is 11.3. The monoisotopic (exact) mass is 423 g/mol. The van der Waals surface area contributed by atoms with Gasteiger partial charge in [0.25, 0.3) is 0 Å². The number of aryl methyl sites for hydroxylation is 3. The first-order valence-corrected chi connectivity index (χ1v) is 11.3. The Kier molecular flexibility index (Phi) is 5.68. The fourth-order valence-corrected chi connectivity index (χ4v) is 4.32. The summed E-state index contributed by atoms with van der Waals surface area (Å²) in [5.74, 6) is 1.01. The Morgan fingerprint density at radius 3 is 2.12 bits per heavy atom. The van der Waals surface area contributed by atoms with Gasteiger partial charge in [-0.05, 0) is 60.1 Å². The minimum Gasteiger partial charge on any atom is -0.416 e. The summed E-state index contributed by atoms with van der Waals surface area (Å²) in [6.07, 6.45) is 2.02. The zero-order valence-corrected chi connectivity index (χ0v) is 20.1. The molecule has 0 aliphatic carbocycles. The molecule has 0 saturated carbocycles. The van der Waals surface area contributed by atoms with Crippen molar-refractivity contribution in [3.8, 4) is 11.1 Å². The summed E-state index contributed by atoms with van der Waals surface area (Å²) >= 11 is 0. The molecular weight excluding hydrogens is 390 g/mol. The minimum atomic E-state index is -0.0998. The van der Waals surface area contributed by atoms with Crippen LogP contribution in [0.2, 0.25) is 0 Å². The van der Waals surface area contributed by atoms with E-state index in [1.54, 1.807) is 0 Å². The van der Waals surface area contributed by atoms with Gasteiger partial charge in [-0.3, -0.25) is 4.58 Å². The molecule has 0 fully saturated rings. The fraction of sp³-hybridized carbons (Fsp3) is 0.276. The highest BCUT2D eigenvalue weighted by molar-refractivity contribution is 5.95. The van der Waals surface area contributed by atoms with Gasteiger partial charge in [0, 0.05) is 6.17 Å². The van der Waals surface area contributed by atoms with E-state index in [9.17, 15) is 0 Å². The van der Waals surface area contributed by atoms with Crippen LogP contribution < -0.4 is 0 Å². The lowest BCUT2D eigenvalue weighted by molar-refractivity contribution is -0.442. The molecule has 0 bridgehead atoms. The first-order chi connectivity index (χ1) is 15.2. The van der Waals surface area contributed by atoms with Crippen LogP contribution >= 0.6 is 0 Å². The van der Waals surface area contributed by atoms with E-state index >= 15 is 0 Å². The van der Waals surface area contributed by atoms with Crippen molar-refractivity contribution in [3.05, 3.63) is 101 Å². The van der Waals surface area contributed by atoms with Crippen molar-refractivity contribution in [1.29, 1.82) is 0 Å². The van der Waals surface area contributed by atoms with Crippen molar-refractivity contribution in [1.82, 2.24) is 0 Å². The molecule has 1 aliphatic rings. The second kappa shape index (κ2) is 8.31. The summed E-state index contributed by atoms with van der Waals surface area (Å²) in [6, 6.07) is 23.7. The maximum absolute atomic E-state index is 5.00. The van der Waals surface area contributed by atoms with Gasteiger partial charge in [0.1, 0.15) is 12.4 Å². The molecular formula is C29H33N3. The van der Waals surface area contributed by atoms with Gasteiger partial charge in [0.2, 0.25) is 0 Å². The van der Waals surface area contributed by atoms with Gasteiger partial charge in [-0.2, -0.15) is 0 Å². The third-order valence-corrected chi connectivity index (χ3v) is 6.62. The van der Waals surface area contributed by atoms with E-state index in [4.69, 9.17) is 5.43 Å². The number of nitrogens with zero attached hydrogens (tertiary/aromatic N) is 3. The average Bonchev–Trinajstić information content (AvgIpc) is 3.12. The van der Waals surface area contributed by atoms with Crippen LogP contribution in [0.15, 0.2) is 66.7 Å². The van der Waals surface area contributed by atoms with Crippen LogP contribution in [0.1, 0.15) is 49.4 Å². The fourth-order valence-electron chi connectivity index (χ4n) is 4.32. The van der Waals surface area contributed by atoms with Gasteiger partial charge in [-0.15, -0.1) is 0 Å². The Morgan fingerprint density at radius 1 is 0.844 bits per heavy atom. The maximum Gasteiger partial charge on any atom is 0.346 e. The molecule has 0 aromatic heterocycles. The standard InChI is InChI=1S/C29H33N3/c1-8-29(5,6)28-30-31(7)27(32(28)26-21(3)13-12-14-22(26)4)25-19-24(18-17-20(25)2)23-15-10-9-11-16-23/h9-19H,7-8H2,1-6H3. The van der Waals surface area contributed by atoms with Crippen LogP contribution in [-0.4, -0.2) is 21.8 Å². The Labute approximate surface area is 192 Å². The topological polar surface area (TPSA) is 20.1 Å². The second-order valence-corrected chi connectivity index (χ2v) is 9.36. The van der Waals surface area contributed by atoms with Gasteiger partial charge in [0.05, 0.1) is 5.56 Å². The van der Waals surface area contributed by atoms with Gasteiger partial charge in [0.15, 0.2) is 0 Å². The first kappa shape index (κ1) is 21.9. The predicted octanol–water partition coefficient (Wildman–Crippen LogP) is 7.31. The zero-order valence-electron chi connectivity index (χ0n) is 20.1. The molecule has 164 valence electrons. The summed E-state index contributed by atoms with van der Waals surface area (Å²) in [5.41, 5.74) is 13.3. The molecule has 0 atom stereocenters. The molecule has 0 amide bonds. The molecule has 4 rings (SSSR count). The van der Waals surface area contributed by atoms with Crippen molar-refractivity contribution in [2.24, 2.45) is 5.41 Å². The van der Waals surface area contributed by atoms with Crippen LogP contribution in [0.4, 0.5) is 5.69 Å². The smallest absolute Gasteiger partial charge is 0.346 e. The maximum atomic E-state index is 5.00. The lowest BCUT2D eigenvalue weighted by Crippen LogP contribution is -2.28. The largest absolute Gasteiger partial charge is 0.416 e. The minimum absolute atomic E-state index is 0.0998. The van der Waals surface area contributed by atoms with Gasteiger partial charge in [-0.25, -0.2) is 4.68 Å². The highest BCUT2D eigenvalue weighted by Crippen LogP contribution is 2.45. The molecule has 0 spiro atoms. The molecule has 0 radical (unpaired) electrons. The van der Waals surface area contributed by atoms with Crippen molar-refractivity contribution in [3.63, 3.8) is 0 Å². The van der Waals surface area contributed by atoms with Crippen molar-refractivity contribution < 1.29 is 9.26 Å². The Balaban J connectivity index is 2.03. The molecule has 3 heteroatoms. The summed E-state index contributed by atoms with van der Waals surface area (Å²) in [6.45, 7) is 17.6. The van der Waals surface area contributed by atoms with E-state index in [1.807, 2.05) is 4.68 Å². The molecule has 3 aromatic carbocycles. The normalized spacial score (nSPS) is 14.2. The Morgan fingerprint density at radius 2 is 1.50 bits per heavy atom. The average molecular weight is 424 g/mol. The number of hydrogen-bond acceptors (Lipinski definition) is 0. The van der Waals surface area contributed by atoms with E-state index in [1.165, 1.54) is 33.5 Å². The van der Waals surface area contributed by atoms with E-state index in [0.29, 0.717) is 0 Å². The van der Waals surface area contributed by atoms with Crippen molar-refractivity contribution in [2.45, 2.75) is 48.0 Å². The summed E-state index contributed by atoms with van der Waals surface area (Å²) in [5, 5.41) is 0. The zero-order chi connectivity index (χ0) is 23.0. The third-order valence-electron chi connectivity index (χ3n) is 6.62. The molecule has 3 nitrogen and oxygen atoms in total. The van der Waals surface area contributed by atoms with Crippen LogP contribution in [0.5, 0.6) is 0 Å². The van der Waals surface area contributed by atoms with Crippen LogP contribution in [-0.2, 0) is 0 Å². The highest BCUT2D eigenvalue weighted by Gasteiger charge is 2.38. The molecule has 1 aliphatic heterocycles. The summed E-state index contributed by atoms with van der Waals surface area (Å²) in [4.78, 5) is 0. The summed E-state index contributed by atoms with van der Waals surface area (Å²) in [7, 11) is 0. The van der Waals surface area contributed by atoms with Crippen molar-refractivity contribution in [2.75, 3.05) is 0 Å². The molecule has 32 heavy (non-hydrogen) atoms. The van der Waals surface area contributed by atoms with Crippen molar-refractivity contribution >= 4 is 18.2 Å². The number of amidine groups is 1. The number of para-hydroxylation sites is 1. The lowest BCUT2D eigenvalue weighted by atomic mass is 9.86. The highest BCUT2D eigenvalue weighted by atomic mass is 15.6. The van der Waals surface area contributed by atoms with Crippen LogP contribution in [0.3, 0.4) is 0 Å². The summed E-state index contributed by atoms with van der Waals surface area (Å²) < 4.78 is 4.16. The molecule has 1 heterocycles. The predicted molar refractivity (Wildman–Crippen MR) is 135 cm³/mol. The van der Waals surface area contributed by atoms with E-state index in [0.717, 1.165) is 24.0 Å². The molecule has 0 N–H and O–H groups in total. The third kappa shape index (κ3) is 3.73. The van der Waals surface area contributed by atoms with Gasteiger partial charge < -0.3 is 5.43 Å². The Bertz CT molecular complexity index is 1180. The van der Waals surface area contributed by atoms with E-state index in [-0.39, 0.29) is 5.41 Å². The second-order valence-electron chi connectivity index (χ2n) is 9.36. The molecule has 0 saturated heterocycles.